The summed E-state index contributed by atoms with van der Waals surface area (Å²) in [6.07, 6.45) is 1.57. The van der Waals surface area contributed by atoms with Gasteiger partial charge >= 0.3 is 0 Å². The molecule has 2 aromatic carbocycles. The molecule has 0 radical (unpaired) electrons. The zero-order valence-corrected chi connectivity index (χ0v) is 13.4. The first kappa shape index (κ1) is 14.9. The fourth-order valence-corrected chi connectivity index (χ4v) is 2.75. The molecular formula is C17H18ClN3O. The molecule has 1 unspecified atom stereocenters. The third-order valence-corrected chi connectivity index (χ3v) is 4.08. The summed E-state index contributed by atoms with van der Waals surface area (Å²) < 4.78 is 0. The van der Waals surface area contributed by atoms with Crippen molar-refractivity contribution in [3.63, 3.8) is 0 Å². The number of benzene rings is 2. The van der Waals surface area contributed by atoms with Gasteiger partial charge in [-0.25, -0.2) is 0 Å². The van der Waals surface area contributed by atoms with Gasteiger partial charge in [0.15, 0.2) is 0 Å². The Morgan fingerprint density at radius 2 is 1.91 bits per heavy atom. The summed E-state index contributed by atoms with van der Waals surface area (Å²) in [7, 11) is 0. The largest absolute Gasteiger partial charge is 0.508 e. The predicted molar refractivity (Wildman–Crippen MR) is 88.4 cm³/mol. The van der Waals surface area contributed by atoms with Crippen molar-refractivity contribution in [1.29, 1.82) is 0 Å². The molecule has 0 amide bonds. The van der Waals surface area contributed by atoms with Crippen LogP contribution in [0.25, 0.3) is 11.0 Å². The lowest BCUT2D eigenvalue weighted by atomic mass is 10.0. The molecule has 0 fully saturated rings. The van der Waals surface area contributed by atoms with Crippen LogP contribution in [0.4, 0.5) is 0 Å². The van der Waals surface area contributed by atoms with E-state index in [0.717, 1.165) is 28.6 Å². The van der Waals surface area contributed by atoms with Gasteiger partial charge in [-0.05, 0) is 43.2 Å². The molecule has 0 aliphatic rings. The van der Waals surface area contributed by atoms with Crippen LogP contribution in [0.1, 0.15) is 30.5 Å². The van der Waals surface area contributed by atoms with E-state index in [4.69, 9.17) is 11.6 Å². The Labute approximate surface area is 134 Å². The van der Waals surface area contributed by atoms with E-state index >= 15 is 0 Å². The monoisotopic (exact) mass is 315 g/mol. The highest BCUT2D eigenvalue weighted by molar-refractivity contribution is 6.31. The Morgan fingerprint density at radius 1 is 1.14 bits per heavy atom. The van der Waals surface area contributed by atoms with Crippen molar-refractivity contribution in [3.05, 3.63) is 52.5 Å². The third-order valence-electron chi connectivity index (χ3n) is 3.85. The van der Waals surface area contributed by atoms with Crippen molar-refractivity contribution in [3.8, 4) is 5.75 Å². The number of aromatic hydroxyl groups is 1. The number of hydrogen-bond acceptors (Lipinski definition) is 3. The Hall–Kier alpha value is -2.07. The van der Waals surface area contributed by atoms with E-state index in [1.807, 2.05) is 37.3 Å². The molecule has 3 rings (SSSR count). The number of halogens is 1. The number of aromatic nitrogens is 3. The smallest absolute Gasteiger partial charge is 0.118 e. The lowest BCUT2D eigenvalue weighted by Gasteiger charge is -2.15. The maximum atomic E-state index is 10.0. The van der Waals surface area contributed by atoms with Crippen LogP contribution in [-0.2, 0) is 6.42 Å². The molecule has 0 saturated heterocycles. The van der Waals surface area contributed by atoms with Crippen LogP contribution >= 0.6 is 11.6 Å². The minimum absolute atomic E-state index is 0.0962. The second-order valence-electron chi connectivity index (χ2n) is 5.55. The van der Waals surface area contributed by atoms with Gasteiger partial charge in [0, 0.05) is 11.4 Å². The second kappa shape index (κ2) is 5.97. The molecule has 0 spiro atoms. The number of phenols is 1. The SMILES string of the molecule is CCC(Cc1cc(C)ccc1O)n1nc2ccc(Cl)cc2n1. The minimum atomic E-state index is 0.0962. The molecule has 5 heteroatoms. The first-order chi connectivity index (χ1) is 10.6. The summed E-state index contributed by atoms with van der Waals surface area (Å²) in [5.74, 6) is 0.323. The molecular weight excluding hydrogens is 298 g/mol. The molecule has 0 bridgehead atoms. The van der Waals surface area contributed by atoms with Crippen LogP contribution in [-0.4, -0.2) is 20.1 Å². The molecule has 0 saturated carbocycles. The summed E-state index contributed by atoms with van der Waals surface area (Å²) in [5, 5.41) is 19.8. The Kier molecular flexibility index (Phi) is 4.03. The zero-order chi connectivity index (χ0) is 15.7. The number of phenolic OH excluding ortho intramolecular Hbond substituents is 1. The normalized spacial score (nSPS) is 12.7. The van der Waals surface area contributed by atoms with Crippen molar-refractivity contribution in [1.82, 2.24) is 15.0 Å². The fraction of sp³-hybridized carbons (Fsp3) is 0.294. The Morgan fingerprint density at radius 3 is 2.68 bits per heavy atom. The summed E-state index contributed by atoms with van der Waals surface area (Å²) >= 11 is 6.00. The van der Waals surface area contributed by atoms with Gasteiger partial charge in [-0.2, -0.15) is 15.0 Å². The highest BCUT2D eigenvalue weighted by atomic mass is 35.5. The van der Waals surface area contributed by atoms with E-state index in [9.17, 15) is 5.11 Å². The maximum absolute atomic E-state index is 10.0. The van der Waals surface area contributed by atoms with E-state index in [2.05, 4.69) is 17.1 Å². The highest BCUT2D eigenvalue weighted by Crippen LogP contribution is 2.26. The molecule has 0 aliphatic carbocycles. The van der Waals surface area contributed by atoms with Gasteiger partial charge in [-0.3, -0.25) is 0 Å². The van der Waals surface area contributed by atoms with E-state index in [0.29, 0.717) is 17.2 Å². The summed E-state index contributed by atoms with van der Waals surface area (Å²) in [5.41, 5.74) is 3.68. The van der Waals surface area contributed by atoms with Gasteiger partial charge in [0.05, 0.1) is 6.04 Å². The molecule has 22 heavy (non-hydrogen) atoms. The molecule has 0 aliphatic heterocycles. The van der Waals surface area contributed by atoms with Gasteiger partial charge in [0.1, 0.15) is 16.8 Å². The number of fused-ring (bicyclic) bond motifs is 1. The molecule has 114 valence electrons. The molecule has 1 N–H and O–H groups in total. The number of hydrogen-bond donors (Lipinski definition) is 1. The van der Waals surface area contributed by atoms with Crippen LogP contribution in [0.5, 0.6) is 5.75 Å². The van der Waals surface area contributed by atoms with E-state index < -0.39 is 0 Å². The third kappa shape index (κ3) is 2.92. The van der Waals surface area contributed by atoms with Crippen LogP contribution in [0.3, 0.4) is 0 Å². The van der Waals surface area contributed by atoms with Gasteiger partial charge < -0.3 is 5.11 Å². The van der Waals surface area contributed by atoms with E-state index in [1.54, 1.807) is 10.9 Å². The van der Waals surface area contributed by atoms with Crippen molar-refractivity contribution in [2.24, 2.45) is 0 Å². The molecule has 1 aromatic heterocycles. The fourth-order valence-electron chi connectivity index (χ4n) is 2.59. The number of rotatable bonds is 4. The Bertz CT molecular complexity index is 813. The number of aryl methyl sites for hydroxylation is 1. The summed E-state index contributed by atoms with van der Waals surface area (Å²) in [6.45, 7) is 4.12. The van der Waals surface area contributed by atoms with Crippen molar-refractivity contribution in [2.45, 2.75) is 32.7 Å². The van der Waals surface area contributed by atoms with Crippen molar-refractivity contribution in [2.75, 3.05) is 0 Å². The van der Waals surface area contributed by atoms with Gasteiger partial charge in [-0.1, -0.05) is 36.2 Å². The van der Waals surface area contributed by atoms with Gasteiger partial charge in [0.2, 0.25) is 0 Å². The highest BCUT2D eigenvalue weighted by Gasteiger charge is 2.16. The average Bonchev–Trinajstić information content (AvgIpc) is 2.90. The second-order valence-corrected chi connectivity index (χ2v) is 5.99. The van der Waals surface area contributed by atoms with E-state index in [-0.39, 0.29) is 6.04 Å². The molecule has 1 atom stereocenters. The standard InChI is InChI=1S/C17H18ClN3O/c1-3-14(9-12-8-11(2)4-7-17(12)22)21-19-15-6-5-13(18)10-16(15)20-21/h4-8,10,14,22H,3,9H2,1-2H3. The van der Waals surface area contributed by atoms with Crippen LogP contribution in [0.2, 0.25) is 5.02 Å². The van der Waals surface area contributed by atoms with Crippen LogP contribution in [0, 0.1) is 6.92 Å². The molecule has 3 aromatic rings. The minimum Gasteiger partial charge on any atom is -0.508 e. The van der Waals surface area contributed by atoms with Crippen LogP contribution < -0.4 is 0 Å². The maximum Gasteiger partial charge on any atom is 0.118 e. The van der Waals surface area contributed by atoms with Crippen molar-refractivity contribution >= 4 is 22.6 Å². The first-order valence-corrected chi connectivity index (χ1v) is 7.75. The average molecular weight is 316 g/mol. The Balaban J connectivity index is 1.93. The van der Waals surface area contributed by atoms with E-state index in [1.165, 1.54) is 0 Å². The van der Waals surface area contributed by atoms with Crippen LogP contribution in [0.15, 0.2) is 36.4 Å². The topological polar surface area (TPSA) is 50.9 Å². The first-order valence-electron chi connectivity index (χ1n) is 7.37. The summed E-state index contributed by atoms with van der Waals surface area (Å²) in [6, 6.07) is 11.3. The quantitative estimate of drug-likeness (QED) is 0.781. The predicted octanol–water partition coefficient (Wildman–Crippen LogP) is 4.29. The van der Waals surface area contributed by atoms with Gasteiger partial charge in [-0.15, -0.1) is 0 Å². The summed E-state index contributed by atoms with van der Waals surface area (Å²) in [4.78, 5) is 1.74. The zero-order valence-electron chi connectivity index (χ0n) is 12.6. The lowest BCUT2D eigenvalue weighted by Crippen LogP contribution is -2.14. The van der Waals surface area contributed by atoms with Gasteiger partial charge in [0.25, 0.3) is 0 Å². The number of nitrogens with zero attached hydrogens (tertiary/aromatic N) is 3. The molecule has 1 heterocycles. The molecule has 4 nitrogen and oxygen atoms in total. The lowest BCUT2D eigenvalue weighted by molar-refractivity contribution is 0.386. The van der Waals surface area contributed by atoms with Crippen molar-refractivity contribution < 1.29 is 5.11 Å².